The van der Waals surface area contributed by atoms with Crippen molar-refractivity contribution in [3.8, 4) is 5.75 Å². The molecule has 1 amide bonds. The number of thioether (sulfide) groups is 1. The van der Waals surface area contributed by atoms with Crippen LogP contribution < -0.4 is 10.1 Å². The van der Waals surface area contributed by atoms with E-state index < -0.39 is 0 Å². The fraction of sp³-hybridized carbons (Fsp3) is 0.160. The number of ether oxygens (including phenoxy) is 1. The van der Waals surface area contributed by atoms with Gasteiger partial charge in [0.05, 0.1) is 18.0 Å². The second kappa shape index (κ2) is 9.71. The number of benzene rings is 3. The molecule has 6 heteroatoms. The molecule has 4 rings (SSSR count). The van der Waals surface area contributed by atoms with E-state index in [1.807, 2.05) is 43.3 Å². The van der Waals surface area contributed by atoms with Gasteiger partial charge in [-0.25, -0.2) is 4.39 Å². The lowest BCUT2D eigenvalue weighted by Gasteiger charge is -2.11. The minimum absolute atomic E-state index is 0.0903. The van der Waals surface area contributed by atoms with Crippen molar-refractivity contribution in [3.05, 3.63) is 90.4 Å². The van der Waals surface area contributed by atoms with E-state index in [-0.39, 0.29) is 17.5 Å². The maximum Gasteiger partial charge on any atom is 0.234 e. The van der Waals surface area contributed by atoms with Gasteiger partial charge in [-0.3, -0.25) is 4.79 Å². The Kier molecular flexibility index (Phi) is 6.57. The third kappa shape index (κ3) is 5.09. The lowest BCUT2D eigenvalue weighted by molar-refractivity contribution is -0.113. The van der Waals surface area contributed by atoms with Gasteiger partial charge in [-0.1, -0.05) is 42.5 Å². The van der Waals surface area contributed by atoms with E-state index in [0.29, 0.717) is 24.6 Å². The highest BCUT2D eigenvalue weighted by Gasteiger charge is 2.12. The van der Waals surface area contributed by atoms with E-state index in [4.69, 9.17) is 4.74 Å². The zero-order valence-corrected chi connectivity index (χ0v) is 18.0. The number of anilines is 1. The van der Waals surface area contributed by atoms with E-state index in [1.165, 1.54) is 23.9 Å². The summed E-state index contributed by atoms with van der Waals surface area (Å²) in [5.74, 6) is 0.617. The van der Waals surface area contributed by atoms with E-state index in [2.05, 4.69) is 28.2 Å². The van der Waals surface area contributed by atoms with Crippen LogP contribution in [0.1, 0.15) is 12.5 Å². The van der Waals surface area contributed by atoms with Gasteiger partial charge in [0.2, 0.25) is 5.91 Å². The fourth-order valence-corrected chi connectivity index (χ4v) is 4.31. The Hall–Kier alpha value is -3.25. The first-order chi connectivity index (χ1) is 15.1. The largest absolute Gasteiger partial charge is 0.492 e. The van der Waals surface area contributed by atoms with Gasteiger partial charge in [0.15, 0.2) is 0 Å². The van der Waals surface area contributed by atoms with Crippen LogP contribution in [0.25, 0.3) is 10.9 Å². The van der Waals surface area contributed by atoms with Gasteiger partial charge in [0.1, 0.15) is 11.6 Å². The molecule has 3 aromatic carbocycles. The van der Waals surface area contributed by atoms with Crippen molar-refractivity contribution in [3.63, 3.8) is 0 Å². The summed E-state index contributed by atoms with van der Waals surface area (Å²) in [7, 11) is 0. The Morgan fingerprint density at radius 2 is 1.77 bits per heavy atom. The molecule has 1 aromatic heterocycles. The van der Waals surface area contributed by atoms with Gasteiger partial charge in [-0.2, -0.15) is 0 Å². The predicted molar refractivity (Wildman–Crippen MR) is 124 cm³/mol. The Morgan fingerprint density at radius 3 is 2.58 bits per heavy atom. The van der Waals surface area contributed by atoms with Crippen molar-refractivity contribution in [2.45, 2.75) is 18.4 Å². The maximum absolute atomic E-state index is 13.2. The molecule has 4 nitrogen and oxygen atoms in total. The first kappa shape index (κ1) is 21.0. The number of para-hydroxylation sites is 3. The SMILES string of the molecule is CCOc1ccccc1NC(=O)CSc1cn(Cc2ccc(F)cc2)c2ccccc12. The van der Waals surface area contributed by atoms with E-state index in [0.717, 1.165) is 21.4 Å². The molecule has 1 N–H and O–H groups in total. The molecule has 0 fully saturated rings. The molecule has 0 aliphatic rings. The summed E-state index contributed by atoms with van der Waals surface area (Å²) in [6, 6.07) is 22.1. The molecule has 0 unspecified atom stereocenters. The van der Waals surface area contributed by atoms with Crippen molar-refractivity contribution in [1.82, 2.24) is 4.57 Å². The minimum atomic E-state index is -0.241. The summed E-state index contributed by atoms with van der Waals surface area (Å²) in [5.41, 5.74) is 2.77. The average molecular weight is 435 g/mol. The molecule has 0 saturated heterocycles. The molecular weight excluding hydrogens is 411 g/mol. The van der Waals surface area contributed by atoms with Gasteiger partial charge in [-0.15, -0.1) is 11.8 Å². The summed E-state index contributed by atoms with van der Waals surface area (Å²) < 4.78 is 20.9. The summed E-state index contributed by atoms with van der Waals surface area (Å²) >= 11 is 1.50. The van der Waals surface area contributed by atoms with Gasteiger partial charge in [-0.05, 0) is 42.8 Å². The number of hydrogen-bond acceptors (Lipinski definition) is 3. The zero-order chi connectivity index (χ0) is 21.6. The Morgan fingerprint density at radius 1 is 1.03 bits per heavy atom. The molecule has 1 heterocycles. The summed E-state index contributed by atoms with van der Waals surface area (Å²) in [6.07, 6.45) is 2.06. The first-order valence-electron chi connectivity index (χ1n) is 10.1. The lowest BCUT2D eigenvalue weighted by Crippen LogP contribution is -2.14. The van der Waals surface area contributed by atoms with Gasteiger partial charge in [0.25, 0.3) is 0 Å². The topological polar surface area (TPSA) is 43.3 Å². The van der Waals surface area contributed by atoms with Crippen molar-refractivity contribution < 1.29 is 13.9 Å². The number of carbonyl (C=O) groups excluding carboxylic acids is 1. The molecule has 31 heavy (non-hydrogen) atoms. The number of rotatable bonds is 8. The van der Waals surface area contributed by atoms with Crippen LogP contribution in [0.15, 0.2) is 83.9 Å². The second-order valence-electron chi connectivity index (χ2n) is 7.03. The molecule has 0 aliphatic heterocycles. The lowest BCUT2D eigenvalue weighted by atomic mass is 10.2. The van der Waals surface area contributed by atoms with Gasteiger partial charge in [0, 0.05) is 28.5 Å². The zero-order valence-electron chi connectivity index (χ0n) is 17.2. The van der Waals surface area contributed by atoms with Crippen LogP contribution in [-0.4, -0.2) is 22.8 Å². The molecule has 0 atom stereocenters. The molecule has 0 saturated carbocycles. The van der Waals surface area contributed by atoms with Gasteiger partial charge < -0.3 is 14.6 Å². The number of hydrogen-bond donors (Lipinski definition) is 1. The summed E-state index contributed by atoms with van der Waals surface area (Å²) in [6.45, 7) is 3.08. The molecule has 0 bridgehead atoms. The number of aromatic nitrogens is 1. The number of nitrogens with zero attached hydrogens (tertiary/aromatic N) is 1. The highest BCUT2D eigenvalue weighted by Crippen LogP contribution is 2.31. The number of halogens is 1. The third-order valence-electron chi connectivity index (χ3n) is 4.84. The molecular formula is C25H23FN2O2S. The number of amides is 1. The van der Waals surface area contributed by atoms with E-state index in [9.17, 15) is 9.18 Å². The van der Waals surface area contributed by atoms with E-state index in [1.54, 1.807) is 12.1 Å². The number of carbonyl (C=O) groups is 1. The highest BCUT2D eigenvalue weighted by atomic mass is 32.2. The van der Waals surface area contributed by atoms with Crippen molar-refractivity contribution in [1.29, 1.82) is 0 Å². The number of nitrogens with one attached hydrogen (secondary N) is 1. The fourth-order valence-electron chi connectivity index (χ4n) is 3.43. The molecule has 158 valence electrons. The van der Waals surface area contributed by atoms with Crippen LogP contribution in [0.3, 0.4) is 0 Å². The third-order valence-corrected chi connectivity index (χ3v) is 5.88. The van der Waals surface area contributed by atoms with Crippen LogP contribution in [0.4, 0.5) is 10.1 Å². The Balaban J connectivity index is 1.48. The molecule has 4 aromatic rings. The monoisotopic (exact) mass is 434 g/mol. The number of fused-ring (bicyclic) bond motifs is 1. The van der Waals surface area contributed by atoms with E-state index >= 15 is 0 Å². The van der Waals surface area contributed by atoms with Crippen molar-refractivity contribution in [2.75, 3.05) is 17.7 Å². The average Bonchev–Trinajstić information content (AvgIpc) is 3.13. The van der Waals surface area contributed by atoms with Crippen LogP contribution in [0, 0.1) is 5.82 Å². The normalized spacial score (nSPS) is 10.9. The predicted octanol–water partition coefficient (Wildman–Crippen LogP) is 5.96. The van der Waals surface area contributed by atoms with Gasteiger partial charge >= 0.3 is 0 Å². The van der Waals surface area contributed by atoms with Crippen LogP contribution in [-0.2, 0) is 11.3 Å². The Bertz CT molecular complexity index is 1190. The standard InChI is InChI=1S/C25H23FN2O2S/c1-2-30-23-10-6-4-8-21(23)27-25(29)17-31-24-16-28(22-9-5-3-7-20(22)24)15-18-11-13-19(26)14-12-18/h3-14,16H,2,15,17H2,1H3,(H,27,29). The maximum atomic E-state index is 13.2. The second-order valence-corrected chi connectivity index (χ2v) is 8.05. The minimum Gasteiger partial charge on any atom is -0.492 e. The van der Waals surface area contributed by atoms with Crippen molar-refractivity contribution >= 4 is 34.3 Å². The summed E-state index contributed by atoms with van der Waals surface area (Å²) in [4.78, 5) is 13.6. The smallest absolute Gasteiger partial charge is 0.234 e. The quantitative estimate of drug-likeness (QED) is 0.348. The summed E-state index contributed by atoms with van der Waals surface area (Å²) in [5, 5.41) is 4.03. The van der Waals surface area contributed by atoms with Crippen LogP contribution >= 0.6 is 11.8 Å². The first-order valence-corrected chi connectivity index (χ1v) is 11.1. The highest BCUT2D eigenvalue weighted by molar-refractivity contribution is 8.00. The Labute approximate surface area is 185 Å². The molecule has 0 radical (unpaired) electrons. The molecule has 0 spiro atoms. The van der Waals surface area contributed by atoms with Crippen LogP contribution in [0.5, 0.6) is 5.75 Å². The van der Waals surface area contributed by atoms with Crippen molar-refractivity contribution in [2.24, 2.45) is 0 Å². The van der Waals surface area contributed by atoms with Crippen LogP contribution in [0.2, 0.25) is 0 Å². The molecule has 0 aliphatic carbocycles.